The van der Waals surface area contributed by atoms with Crippen LogP contribution in [-0.4, -0.2) is 26.1 Å². The highest BCUT2D eigenvalue weighted by atomic mass is 15.3. The number of hydrogen-bond acceptors (Lipinski definition) is 3. The quantitative estimate of drug-likeness (QED) is 0.852. The Balaban J connectivity index is 2.07. The van der Waals surface area contributed by atoms with Crippen molar-refractivity contribution in [3.63, 3.8) is 0 Å². The van der Waals surface area contributed by atoms with Gasteiger partial charge in [0.1, 0.15) is 0 Å². The Bertz CT molecular complexity index is 582. The molecule has 0 aliphatic carbocycles. The highest BCUT2D eigenvalue weighted by Crippen LogP contribution is 2.21. The third-order valence-electron chi connectivity index (χ3n) is 3.94. The third kappa shape index (κ3) is 3.73. The van der Waals surface area contributed by atoms with E-state index in [4.69, 9.17) is 5.10 Å². The minimum atomic E-state index is 0.358. The summed E-state index contributed by atoms with van der Waals surface area (Å²) in [5, 5.41) is 12.5. The summed E-state index contributed by atoms with van der Waals surface area (Å²) in [7, 11) is 1.95. The molecule has 0 saturated heterocycles. The van der Waals surface area contributed by atoms with E-state index in [1.807, 2.05) is 17.9 Å². The summed E-state index contributed by atoms with van der Waals surface area (Å²) in [6.07, 6.45) is 6.11. The summed E-state index contributed by atoms with van der Waals surface area (Å²) in [5.41, 5.74) is 5.00. The van der Waals surface area contributed by atoms with Gasteiger partial charge in [-0.2, -0.15) is 10.2 Å². The fourth-order valence-corrected chi connectivity index (χ4v) is 2.85. The average Bonchev–Trinajstić information content (AvgIpc) is 2.98. The maximum atomic E-state index is 4.71. The van der Waals surface area contributed by atoms with Crippen molar-refractivity contribution >= 4 is 0 Å². The van der Waals surface area contributed by atoms with Gasteiger partial charge in [-0.15, -0.1) is 0 Å². The van der Waals surface area contributed by atoms with Crippen molar-refractivity contribution in [3.8, 4) is 0 Å². The maximum Gasteiger partial charge on any atom is 0.0644 e. The Kier molecular flexibility index (Phi) is 5.17. The second-order valence-corrected chi connectivity index (χ2v) is 5.76. The average molecular weight is 289 g/mol. The molecular formula is C16H27N5. The minimum absolute atomic E-state index is 0.358. The molecule has 0 aliphatic rings. The van der Waals surface area contributed by atoms with Crippen LogP contribution >= 0.6 is 0 Å². The van der Waals surface area contributed by atoms with Crippen LogP contribution in [0.5, 0.6) is 0 Å². The van der Waals surface area contributed by atoms with Gasteiger partial charge in [0.05, 0.1) is 11.9 Å². The molecule has 0 aromatic carbocycles. The summed E-state index contributed by atoms with van der Waals surface area (Å²) in [4.78, 5) is 0. The second kappa shape index (κ2) is 6.89. The molecule has 0 bridgehead atoms. The third-order valence-corrected chi connectivity index (χ3v) is 3.94. The van der Waals surface area contributed by atoms with Gasteiger partial charge >= 0.3 is 0 Å². The van der Waals surface area contributed by atoms with Crippen LogP contribution in [0.2, 0.25) is 0 Å². The Morgan fingerprint density at radius 3 is 2.71 bits per heavy atom. The molecule has 2 aromatic heterocycles. The molecular weight excluding hydrogens is 262 g/mol. The van der Waals surface area contributed by atoms with Crippen LogP contribution in [0.25, 0.3) is 0 Å². The van der Waals surface area contributed by atoms with Crippen LogP contribution in [-0.2, 0) is 20.0 Å². The summed E-state index contributed by atoms with van der Waals surface area (Å²) in [5.74, 6) is 0. The van der Waals surface area contributed by atoms with Crippen LogP contribution in [0.3, 0.4) is 0 Å². The highest BCUT2D eigenvalue weighted by molar-refractivity contribution is 5.28. The number of nitrogens with one attached hydrogen (secondary N) is 1. The lowest BCUT2D eigenvalue weighted by Crippen LogP contribution is -2.20. The molecule has 0 aliphatic heterocycles. The fourth-order valence-electron chi connectivity index (χ4n) is 2.85. The van der Waals surface area contributed by atoms with Gasteiger partial charge in [-0.25, -0.2) is 0 Å². The van der Waals surface area contributed by atoms with Gasteiger partial charge < -0.3 is 5.32 Å². The first kappa shape index (κ1) is 15.8. The van der Waals surface area contributed by atoms with Gasteiger partial charge in [-0.05, 0) is 45.7 Å². The lowest BCUT2D eigenvalue weighted by molar-refractivity contribution is 0.560. The molecule has 0 amide bonds. The van der Waals surface area contributed by atoms with Crippen molar-refractivity contribution in [1.29, 1.82) is 0 Å². The smallest absolute Gasteiger partial charge is 0.0644 e. The normalized spacial score (nSPS) is 12.8. The standard InChI is InChI=1S/C16H27N5/c1-6-8-17-12(2)16-13(3)19-21(14(16)4)9-7-15-10-18-20(5)11-15/h10-12,17H,6-9H2,1-5H3. The number of aryl methyl sites for hydroxylation is 4. The summed E-state index contributed by atoms with van der Waals surface area (Å²) in [6, 6.07) is 0.358. The molecule has 5 nitrogen and oxygen atoms in total. The molecule has 0 radical (unpaired) electrons. The number of rotatable bonds is 7. The zero-order valence-electron chi connectivity index (χ0n) is 13.8. The van der Waals surface area contributed by atoms with E-state index in [1.54, 1.807) is 0 Å². The Labute approximate surface area is 127 Å². The molecule has 5 heteroatoms. The molecule has 2 rings (SSSR count). The monoisotopic (exact) mass is 289 g/mol. The molecule has 1 unspecified atom stereocenters. The van der Waals surface area contributed by atoms with Crippen LogP contribution in [0, 0.1) is 13.8 Å². The number of nitrogens with zero attached hydrogens (tertiary/aromatic N) is 4. The first-order chi connectivity index (χ1) is 10.0. The largest absolute Gasteiger partial charge is 0.310 e. The fraction of sp³-hybridized carbons (Fsp3) is 0.625. The number of hydrogen-bond donors (Lipinski definition) is 1. The van der Waals surface area contributed by atoms with Crippen LogP contribution in [0.4, 0.5) is 0 Å². The second-order valence-electron chi connectivity index (χ2n) is 5.76. The van der Waals surface area contributed by atoms with E-state index in [0.717, 1.165) is 31.6 Å². The lowest BCUT2D eigenvalue weighted by atomic mass is 10.1. The lowest BCUT2D eigenvalue weighted by Gasteiger charge is -2.14. The van der Waals surface area contributed by atoms with Crippen molar-refractivity contribution in [2.24, 2.45) is 7.05 Å². The zero-order chi connectivity index (χ0) is 15.4. The van der Waals surface area contributed by atoms with E-state index in [9.17, 15) is 0 Å². The Morgan fingerprint density at radius 2 is 2.10 bits per heavy atom. The molecule has 2 heterocycles. The van der Waals surface area contributed by atoms with Crippen molar-refractivity contribution in [1.82, 2.24) is 24.9 Å². The Morgan fingerprint density at radius 1 is 1.33 bits per heavy atom. The van der Waals surface area contributed by atoms with Gasteiger partial charge in [-0.1, -0.05) is 6.92 Å². The predicted molar refractivity (Wildman–Crippen MR) is 85.3 cm³/mol. The molecule has 0 saturated carbocycles. The topological polar surface area (TPSA) is 47.7 Å². The van der Waals surface area contributed by atoms with E-state index < -0.39 is 0 Å². The van der Waals surface area contributed by atoms with Crippen molar-refractivity contribution in [3.05, 3.63) is 34.9 Å². The van der Waals surface area contributed by atoms with Gasteiger partial charge in [0.25, 0.3) is 0 Å². The van der Waals surface area contributed by atoms with E-state index >= 15 is 0 Å². The van der Waals surface area contributed by atoms with Gasteiger partial charge in [0, 0.05) is 37.1 Å². The minimum Gasteiger partial charge on any atom is -0.310 e. The van der Waals surface area contributed by atoms with Gasteiger partial charge in [-0.3, -0.25) is 9.36 Å². The van der Waals surface area contributed by atoms with Crippen molar-refractivity contribution in [2.75, 3.05) is 6.54 Å². The number of aromatic nitrogens is 4. The molecule has 2 aromatic rings. The highest BCUT2D eigenvalue weighted by Gasteiger charge is 2.16. The maximum absolute atomic E-state index is 4.71. The van der Waals surface area contributed by atoms with E-state index in [2.05, 4.69) is 49.0 Å². The Hall–Kier alpha value is -1.62. The predicted octanol–water partition coefficient (Wildman–Crippen LogP) is 2.54. The summed E-state index contributed by atoms with van der Waals surface area (Å²) >= 11 is 0. The molecule has 1 atom stereocenters. The van der Waals surface area contributed by atoms with Crippen molar-refractivity contribution in [2.45, 2.75) is 53.1 Å². The molecule has 116 valence electrons. The van der Waals surface area contributed by atoms with Crippen LogP contribution in [0.1, 0.15) is 48.8 Å². The first-order valence-corrected chi connectivity index (χ1v) is 7.77. The van der Waals surface area contributed by atoms with Crippen molar-refractivity contribution < 1.29 is 0 Å². The summed E-state index contributed by atoms with van der Waals surface area (Å²) in [6.45, 7) is 10.6. The zero-order valence-corrected chi connectivity index (χ0v) is 13.8. The first-order valence-electron chi connectivity index (χ1n) is 7.77. The molecule has 1 N–H and O–H groups in total. The van der Waals surface area contributed by atoms with Gasteiger partial charge in [0.2, 0.25) is 0 Å². The summed E-state index contributed by atoms with van der Waals surface area (Å²) < 4.78 is 3.97. The van der Waals surface area contributed by atoms with Crippen LogP contribution < -0.4 is 5.32 Å². The van der Waals surface area contributed by atoms with E-state index in [1.165, 1.54) is 16.8 Å². The van der Waals surface area contributed by atoms with Crippen LogP contribution in [0.15, 0.2) is 12.4 Å². The van der Waals surface area contributed by atoms with E-state index in [0.29, 0.717) is 6.04 Å². The molecule has 21 heavy (non-hydrogen) atoms. The van der Waals surface area contributed by atoms with Gasteiger partial charge in [0.15, 0.2) is 0 Å². The SMILES string of the molecule is CCCNC(C)c1c(C)nn(CCc2cnn(C)c2)c1C. The molecule has 0 spiro atoms. The van der Waals surface area contributed by atoms with E-state index in [-0.39, 0.29) is 0 Å². The molecule has 0 fully saturated rings.